The zero-order valence-electron chi connectivity index (χ0n) is 6.67. The van der Waals surface area contributed by atoms with Crippen LogP contribution in [0.15, 0.2) is 12.2 Å². The highest BCUT2D eigenvalue weighted by Crippen LogP contribution is 2.44. The van der Waals surface area contributed by atoms with Gasteiger partial charge in [-0.3, -0.25) is 4.79 Å². The lowest BCUT2D eigenvalue weighted by Gasteiger charge is -2.47. The van der Waals surface area contributed by atoms with E-state index in [1.165, 1.54) is 0 Å². The summed E-state index contributed by atoms with van der Waals surface area (Å²) in [5.74, 6) is 0.656. The van der Waals surface area contributed by atoms with E-state index < -0.39 is 5.60 Å². The third-order valence-electron chi connectivity index (χ3n) is 2.89. The molecule has 2 aliphatic rings. The normalized spacial score (nSPS) is 41.5. The Morgan fingerprint density at radius 3 is 3.00 bits per heavy atom. The molecule has 1 saturated carbocycles. The lowest BCUT2D eigenvalue weighted by molar-refractivity contribution is -0.166. The van der Waals surface area contributed by atoms with Crippen LogP contribution >= 0.6 is 0 Å². The first-order chi connectivity index (χ1) is 5.29. The van der Waals surface area contributed by atoms with Crippen molar-refractivity contribution < 1.29 is 9.53 Å². The predicted molar refractivity (Wildman–Crippen MR) is 41.2 cm³/mol. The monoisotopic (exact) mass is 152 g/mol. The average molecular weight is 152 g/mol. The van der Waals surface area contributed by atoms with Crippen molar-refractivity contribution in [2.75, 3.05) is 7.11 Å². The largest absolute Gasteiger partial charge is 0.370 e. The standard InChI is InChI=1S/C9H12O2/c1-11-9-5-3-2-4-7(9)6-8(9)10/h2,4,7H,3,5-6H2,1H3/t7-,9+/m1/s1. The van der Waals surface area contributed by atoms with Gasteiger partial charge in [0.25, 0.3) is 0 Å². The molecule has 1 fully saturated rings. The van der Waals surface area contributed by atoms with Crippen molar-refractivity contribution in [2.45, 2.75) is 24.9 Å². The molecule has 0 aromatic carbocycles. The molecular weight excluding hydrogens is 140 g/mol. The summed E-state index contributed by atoms with van der Waals surface area (Å²) in [6, 6.07) is 0. The molecule has 0 spiro atoms. The fourth-order valence-corrected chi connectivity index (χ4v) is 2.09. The minimum Gasteiger partial charge on any atom is -0.370 e. The second kappa shape index (κ2) is 2.18. The Morgan fingerprint density at radius 2 is 2.55 bits per heavy atom. The number of methoxy groups -OCH3 is 1. The van der Waals surface area contributed by atoms with E-state index in [1.807, 2.05) is 0 Å². The molecule has 2 atom stereocenters. The maximum absolute atomic E-state index is 11.3. The van der Waals surface area contributed by atoms with Crippen LogP contribution in [0.4, 0.5) is 0 Å². The van der Waals surface area contributed by atoms with Gasteiger partial charge in [0, 0.05) is 19.4 Å². The number of rotatable bonds is 1. The minimum atomic E-state index is -0.408. The summed E-state index contributed by atoms with van der Waals surface area (Å²) < 4.78 is 5.29. The van der Waals surface area contributed by atoms with E-state index in [2.05, 4.69) is 12.2 Å². The lowest BCUT2D eigenvalue weighted by Crippen LogP contribution is -2.58. The van der Waals surface area contributed by atoms with Crippen LogP contribution in [0, 0.1) is 5.92 Å². The SMILES string of the molecule is CO[C@@]12CCC=C[C@@H]1CC2=O. The van der Waals surface area contributed by atoms with Gasteiger partial charge in [-0.15, -0.1) is 0 Å². The van der Waals surface area contributed by atoms with Gasteiger partial charge in [0.15, 0.2) is 5.78 Å². The molecule has 0 heterocycles. The van der Waals surface area contributed by atoms with Gasteiger partial charge in [0.05, 0.1) is 0 Å². The second-order valence-electron chi connectivity index (χ2n) is 3.29. The molecule has 0 N–H and O–H groups in total. The third kappa shape index (κ3) is 0.732. The zero-order chi connectivity index (χ0) is 7.90. The van der Waals surface area contributed by atoms with Crippen LogP contribution in [0.1, 0.15) is 19.3 Å². The zero-order valence-corrected chi connectivity index (χ0v) is 6.67. The summed E-state index contributed by atoms with van der Waals surface area (Å²) in [6.07, 6.45) is 6.81. The molecule has 0 unspecified atom stereocenters. The van der Waals surface area contributed by atoms with Crippen LogP contribution in [0.25, 0.3) is 0 Å². The second-order valence-corrected chi connectivity index (χ2v) is 3.29. The van der Waals surface area contributed by atoms with Crippen molar-refractivity contribution in [1.82, 2.24) is 0 Å². The maximum atomic E-state index is 11.3. The van der Waals surface area contributed by atoms with E-state index in [-0.39, 0.29) is 5.78 Å². The van der Waals surface area contributed by atoms with Crippen LogP contribution in [0.5, 0.6) is 0 Å². The van der Waals surface area contributed by atoms with Gasteiger partial charge in [-0.2, -0.15) is 0 Å². The number of ether oxygens (including phenoxy) is 1. The highest BCUT2D eigenvalue weighted by Gasteiger charge is 2.54. The van der Waals surface area contributed by atoms with Gasteiger partial charge in [-0.1, -0.05) is 12.2 Å². The Kier molecular flexibility index (Phi) is 1.39. The number of ketones is 1. The first kappa shape index (κ1) is 7.04. The number of carbonyl (C=O) groups is 1. The fourth-order valence-electron chi connectivity index (χ4n) is 2.09. The molecule has 0 amide bonds. The molecular formula is C9H12O2. The topological polar surface area (TPSA) is 26.3 Å². The number of hydrogen-bond acceptors (Lipinski definition) is 2. The quantitative estimate of drug-likeness (QED) is 0.529. The Balaban J connectivity index is 2.26. The lowest BCUT2D eigenvalue weighted by atomic mass is 9.63. The van der Waals surface area contributed by atoms with E-state index in [0.717, 1.165) is 12.8 Å². The van der Waals surface area contributed by atoms with E-state index in [4.69, 9.17) is 4.74 Å². The van der Waals surface area contributed by atoms with Crippen LogP contribution in [-0.2, 0) is 9.53 Å². The number of fused-ring (bicyclic) bond motifs is 1. The highest BCUT2D eigenvalue weighted by atomic mass is 16.5. The molecule has 0 saturated heterocycles. The van der Waals surface area contributed by atoms with E-state index in [1.54, 1.807) is 7.11 Å². The van der Waals surface area contributed by atoms with Crippen molar-refractivity contribution in [3.63, 3.8) is 0 Å². The summed E-state index contributed by atoms with van der Waals surface area (Å²) in [6.45, 7) is 0. The summed E-state index contributed by atoms with van der Waals surface area (Å²) in [5.41, 5.74) is -0.408. The fraction of sp³-hybridized carbons (Fsp3) is 0.667. The molecule has 0 aromatic rings. The third-order valence-corrected chi connectivity index (χ3v) is 2.89. The summed E-state index contributed by atoms with van der Waals surface area (Å²) in [4.78, 5) is 11.3. The number of Topliss-reactive ketones (excluding diaryl/α,β-unsaturated/α-hetero) is 1. The number of carbonyl (C=O) groups excluding carboxylic acids is 1. The van der Waals surface area contributed by atoms with Gasteiger partial charge < -0.3 is 4.74 Å². The number of hydrogen-bond donors (Lipinski definition) is 0. The van der Waals surface area contributed by atoms with E-state index >= 15 is 0 Å². The molecule has 0 radical (unpaired) electrons. The maximum Gasteiger partial charge on any atom is 0.165 e. The van der Waals surface area contributed by atoms with Gasteiger partial charge >= 0.3 is 0 Å². The van der Waals surface area contributed by atoms with Crippen molar-refractivity contribution in [2.24, 2.45) is 5.92 Å². The Bertz CT molecular complexity index is 220. The molecule has 0 bridgehead atoms. The minimum absolute atomic E-state index is 0.286. The van der Waals surface area contributed by atoms with Gasteiger partial charge in [0.1, 0.15) is 5.60 Å². The van der Waals surface area contributed by atoms with Crippen molar-refractivity contribution in [3.05, 3.63) is 12.2 Å². The van der Waals surface area contributed by atoms with Crippen molar-refractivity contribution in [3.8, 4) is 0 Å². The first-order valence-corrected chi connectivity index (χ1v) is 4.05. The predicted octanol–water partition coefficient (Wildman–Crippen LogP) is 1.31. The molecule has 2 aliphatic carbocycles. The van der Waals surface area contributed by atoms with Gasteiger partial charge in [-0.05, 0) is 12.8 Å². The number of allylic oxidation sites excluding steroid dienone is 1. The van der Waals surface area contributed by atoms with Crippen molar-refractivity contribution >= 4 is 5.78 Å². The van der Waals surface area contributed by atoms with Crippen molar-refractivity contribution in [1.29, 1.82) is 0 Å². The molecule has 2 heteroatoms. The molecule has 11 heavy (non-hydrogen) atoms. The van der Waals surface area contributed by atoms with Crippen LogP contribution in [0.2, 0.25) is 0 Å². The molecule has 0 aliphatic heterocycles. The van der Waals surface area contributed by atoms with E-state index in [9.17, 15) is 4.79 Å². The first-order valence-electron chi connectivity index (χ1n) is 4.05. The Hall–Kier alpha value is -0.630. The molecule has 60 valence electrons. The summed E-state index contributed by atoms with van der Waals surface area (Å²) >= 11 is 0. The highest BCUT2D eigenvalue weighted by molar-refractivity contribution is 5.95. The van der Waals surface area contributed by atoms with Crippen LogP contribution in [0.3, 0.4) is 0 Å². The van der Waals surface area contributed by atoms with Gasteiger partial charge in [-0.25, -0.2) is 0 Å². The Morgan fingerprint density at radius 1 is 1.73 bits per heavy atom. The molecule has 2 rings (SSSR count). The van der Waals surface area contributed by atoms with E-state index in [0.29, 0.717) is 12.3 Å². The van der Waals surface area contributed by atoms with Gasteiger partial charge in [0.2, 0.25) is 0 Å². The smallest absolute Gasteiger partial charge is 0.165 e. The van der Waals surface area contributed by atoms with Crippen LogP contribution in [-0.4, -0.2) is 18.5 Å². The summed E-state index contributed by atoms with van der Waals surface area (Å²) in [5, 5.41) is 0. The average Bonchev–Trinajstić information content (AvgIpc) is 2.03. The molecule has 0 aromatic heterocycles. The molecule has 2 nitrogen and oxygen atoms in total. The Labute approximate surface area is 66.2 Å². The summed E-state index contributed by atoms with van der Waals surface area (Å²) in [7, 11) is 1.64. The van der Waals surface area contributed by atoms with Crippen LogP contribution < -0.4 is 0 Å².